The lowest BCUT2D eigenvalue weighted by Crippen LogP contribution is -2.21. The Balaban J connectivity index is 2.48. The summed E-state index contributed by atoms with van der Waals surface area (Å²) in [5, 5.41) is 3.20. The fourth-order valence-corrected chi connectivity index (χ4v) is 1.76. The maximum absolute atomic E-state index is 11.2. The molecule has 0 spiro atoms. The molecule has 0 aromatic heterocycles. The van der Waals surface area contributed by atoms with Crippen LogP contribution in [0, 0.1) is 4.51 Å². The van der Waals surface area contributed by atoms with Crippen LogP contribution in [0.25, 0.3) is 0 Å². The maximum Gasteiger partial charge on any atom is 0.204 e. The Morgan fingerprint density at radius 2 is 2.14 bits per heavy atom. The molecular weight excluding hydrogens is 196 g/mol. The Morgan fingerprint density at radius 3 is 2.71 bits per heavy atom. The van der Waals surface area contributed by atoms with E-state index in [1.807, 2.05) is 6.92 Å². The fraction of sp³-hybridized carbons (Fsp3) is 0.600. The summed E-state index contributed by atoms with van der Waals surface area (Å²) in [6.45, 7) is 3.53. The van der Waals surface area contributed by atoms with Gasteiger partial charge < -0.3 is 11.1 Å². The van der Waals surface area contributed by atoms with Crippen molar-refractivity contribution in [2.24, 2.45) is 5.73 Å². The Kier molecular flexibility index (Phi) is 4.22. The van der Waals surface area contributed by atoms with Gasteiger partial charge in [-0.3, -0.25) is 4.79 Å². The maximum atomic E-state index is 11.2. The molecule has 0 atom stereocenters. The van der Waals surface area contributed by atoms with Gasteiger partial charge in [-0.15, -0.1) is 0 Å². The van der Waals surface area contributed by atoms with Crippen molar-refractivity contribution < 1.29 is 0 Å². The van der Waals surface area contributed by atoms with Crippen molar-refractivity contribution in [3.63, 3.8) is 0 Å². The van der Waals surface area contributed by atoms with Crippen molar-refractivity contribution in [2.75, 3.05) is 18.4 Å². The lowest BCUT2D eigenvalue weighted by atomic mass is 10.1. The van der Waals surface area contributed by atoms with Crippen molar-refractivity contribution >= 4 is 17.9 Å². The van der Waals surface area contributed by atoms with E-state index in [1.54, 1.807) is 0 Å². The number of hydrogen-bond acceptors (Lipinski definition) is 4. The van der Waals surface area contributed by atoms with Crippen LogP contribution in [-0.4, -0.2) is 13.1 Å². The van der Waals surface area contributed by atoms with Crippen LogP contribution in [0.4, 0.5) is 5.69 Å². The highest BCUT2D eigenvalue weighted by atomic mass is 32.1. The van der Waals surface area contributed by atoms with Gasteiger partial charge in [0.2, 0.25) is 5.43 Å². The van der Waals surface area contributed by atoms with Crippen molar-refractivity contribution in [1.29, 1.82) is 0 Å². The molecule has 0 unspecified atom stereocenters. The summed E-state index contributed by atoms with van der Waals surface area (Å²) >= 11 is 4.95. The smallest absolute Gasteiger partial charge is 0.204 e. The zero-order chi connectivity index (χ0) is 10.6. The summed E-state index contributed by atoms with van der Waals surface area (Å²) in [5.74, 6) is 0. The van der Waals surface area contributed by atoms with Crippen molar-refractivity contribution in [1.82, 2.24) is 0 Å². The average Bonchev–Trinajstić information content (AvgIpc) is 2.21. The second-order valence-corrected chi connectivity index (χ2v) is 3.70. The van der Waals surface area contributed by atoms with E-state index in [2.05, 4.69) is 5.32 Å². The topological polar surface area (TPSA) is 55.1 Å². The molecule has 0 aliphatic rings. The van der Waals surface area contributed by atoms with Gasteiger partial charge in [0.25, 0.3) is 0 Å². The first-order valence-corrected chi connectivity index (χ1v) is 5.39. The van der Waals surface area contributed by atoms with E-state index < -0.39 is 0 Å². The number of nitrogens with one attached hydrogen (secondary N) is 1. The Labute approximate surface area is 89.0 Å². The zero-order valence-corrected chi connectivity index (χ0v) is 9.25. The molecule has 1 rings (SSSR count). The van der Waals surface area contributed by atoms with Crippen LogP contribution in [0.5, 0.6) is 0 Å². The molecule has 14 heavy (non-hydrogen) atoms. The molecule has 0 aliphatic carbocycles. The molecule has 0 amide bonds. The third-order valence-electron chi connectivity index (χ3n) is 2.30. The van der Waals surface area contributed by atoms with Crippen LogP contribution < -0.4 is 16.5 Å². The lowest BCUT2D eigenvalue weighted by Gasteiger charge is -2.12. The molecule has 0 bridgehead atoms. The third kappa shape index (κ3) is 2.19. The normalized spacial score (nSPS) is 10.7. The monoisotopic (exact) mass is 212 g/mol. The fourth-order valence-electron chi connectivity index (χ4n) is 1.45. The molecule has 78 valence electrons. The summed E-state index contributed by atoms with van der Waals surface area (Å²) < 4.78 is 0.467. The molecule has 3 nitrogen and oxygen atoms in total. The predicted octanol–water partition coefficient (Wildman–Crippen LogP) is 1.37. The third-order valence-corrected chi connectivity index (χ3v) is 2.68. The molecule has 0 fully saturated rings. The summed E-state index contributed by atoms with van der Waals surface area (Å²) in [6, 6.07) is 0. The van der Waals surface area contributed by atoms with Crippen LogP contribution in [0.15, 0.2) is 4.79 Å². The number of nitrogens with two attached hydrogens (primary N) is 1. The SMILES string of the molecule is CCc1c(NCCCCN)c(=S)c1=O. The van der Waals surface area contributed by atoms with Gasteiger partial charge in [-0.05, 0) is 25.8 Å². The summed E-state index contributed by atoms with van der Waals surface area (Å²) in [4.78, 5) is 11.2. The molecule has 0 saturated carbocycles. The van der Waals surface area contributed by atoms with E-state index in [1.165, 1.54) is 0 Å². The van der Waals surface area contributed by atoms with Crippen LogP contribution in [-0.2, 0) is 6.42 Å². The van der Waals surface area contributed by atoms with Crippen LogP contribution in [0.2, 0.25) is 0 Å². The molecule has 4 heteroatoms. The molecule has 1 aromatic rings. The van der Waals surface area contributed by atoms with E-state index >= 15 is 0 Å². The Bertz CT molecular complexity index is 366. The Morgan fingerprint density at radius 1 is 1.43 bits per heavy atom. The largest absolute Gasteiger partial charge is 0.383 e. The van der Waals surface area contributed by atoms with E-state index in [0.29, 0.717) is 11.1 Å². The number of rotatable bonds is 6. The summed E-state index contributed by atoms with van der Waals surface area (Å²) in [5.41, 5.74) is 7.16. The number of hydrogen-bond donors (Lipinski definition) is 2. The molecule has 0 radical (unpaired) electrons. The van der Waals surface area contributed by atoms with E-state index in [-0.39, 0.29) is 5.43 Å². The molecule has 0 heterocycles. The highest BCUT2D eigenvalue weighted by Crippen LogP contribution is 2.17. The molecule has 0 saturated heterocycles. The molecule has 0 aliphatic heterocycles. The molecular formula is C10H16N2OS. The first-order chi connectivity index (χ1) is 6.72. The quantitative estimate of drug-likeness (QED) is 0.552. The van der Waals surface area contributed by atoms with Crippen LogP contribution in [0.3, 0.4) is 0 Å². The van der Waals surface area contributed by atoms with Gasteiger partial charge in [0.05, 0.1) is 5.69 Å². The first-order valence-electron chi connectivity index (χ1n) is 4.98. The number of anilines is 1. The van der Waals surface area contributed by atoms with Crippen LogP contribution in [0.1, 0.15) is 25.3 Å². The van der Waals surface area contributed by atoms with Gasteiger partial charge in [0.1, 0.15) is 4.51 Å². The first kappa shape index (κ1) is 11.3. The van der Waals surface area contributed by atoms with Crippen molar-refractivity contribution in [3.8, 4) is 0 Å². The predicted molar refractivity (Wildman–Crippen MR) is 62.1 cm³/mol. The van der Waals surface area contributed by atoms with E-state index in [0.717, 1.165) is 37.1 Å². The van der Waals surface area contributed by atoms with Gasteiger partial charge in [-0.25, -0.2) is 0 Å². The second kappa shape index (κ2) is 5.22. The van der Waals surface area contributed by atoms with E-state index in [9.17, 15) is 4.79 Å². The number of unbranched alkanes of at least 4 members (excludes halogenated alkanes) is 1. The zero-order valence-electron chi connectivity index (χ0n) is 8.43. The van der Waals surface area contributed by atoms with Crippen LogP contribution >= 0.6 is 12.2 Å². The molecule has 3 N–H and O–H groups in total. The van der Waals surface area contributed by atoms with Gasteiger partial charge in [0, 0.05) is 12.1 Å². The van der Waals surface area contributed by atoms with Gasteiger partial charge >= 0.3 is 0 Å². The second-order valence-electron chi connectivity index (χ2n) is 3.29. The minimum absolute atomic E-state index is 0.0452. The summed E-state index contributed by atoms with van der Waals surface area (Å²) in [6.07, 6.45) is 2.79. The average molecular weight is 212 g/mol. The van der Waals surface area contributed by atoms with Gasteiger partial charge in [-0.2, -0.15) is 0 Å². The van der Waals surface area contributed by atoms with Gasteiger partial charge in [0.15, 0.2) is 0 Å². The van der Waals surface area contributed by atoms with Gasteiger partial charge in [-0.1, -0.05) is 19.1 Å². The molecule has 1 aromatic carbocycles. The van der Waals surface area contributed by atoms with Crippen molar-refractivity contribution in [2.45, 2.75) is 26.2 Å². The Hall–Kier alpha value is -0.740. The summed E-state index contributed by atoms with van der Waals surface area (Å²) in [7, 11) is 0. The van der Waals surface area contributed by atoms with Crippen molar-refractivity contribution in [3.05, 3.63) is 20.3 Å². The standard InChI is InChI=1S/C10H16N2OS/c1-2-7-8(10(14)9(7)13)12-6-4-3-5-11/h12H,2-6,11H2,1H3. The van der Waals surface area contributed by atoms with E-state index in [4.69, 9.17) is 18.0 Å². The highest BCUT2D eigenvalue weighted by molar-refractivity contribution is 7.71. The highest BCUT2D eigenvalue weighted by Gasteiger charge is 2.14. The minimum atomic E-state index is 0.0452. The minimum Gasteiger partial charge on any atom is -0.383 e. The lowest BCUT2D eigenvalue weighted by molar-refractivity contribution is 0.772.